The lowest BCUT2D eigenvalue weighted by atomic mass is 9.82. The molecule has 0 amide bonds. The molecule has 1 aromatic carbocycles. The average Bonchev–Trinajstić information content (AvgIpc) is 2.69. The Bertz CT molecular complexity index is 810. The summed E-state index contributed by atoms with van der Waals surface area (Å²) in [7, 11) is 0. The maximum absolute atomic E-state index is 12.7. The van der Waals surface area contributed by atoms with Crippen LogP contribution in [0.4, 0.5) is 0 Å². The fraction of sp³-hybridized carbons (Fsp3) is 0.577. The lowest BCUT2D eigenvalue weighted by Gasteiger charge is -2.28. The summed E-state index contributed by atoms with van der Waals surface area (Å²) >= 11 is 0. The second kappa shape index (κ2) is 11.8. The highest BCUT2D eigenvalue weighted by Crippen LogP contribution is 2.28. The van der Waals surface area contributed by atoms with E-state index in [2.05, 4.69) is 26.8 Å². The molecular weight excluding hydrogens is 392 g/mol. The number of ether oxygens (including phenoxy) is 2. The van der Waals surface area contributed by atoms with Gasteiger partial charge in [-0.1, -0.05) is 45.0 Å². The third-order valence-corrected chi connectivity index (χ3v) is 6.05. The van der Waals surface area contributed by atoms with Crippen LogP contribution in [-0.4, -0.2) is 23.8 Å². The third-order valence-electron chi connectivity index (χ3n) is 6.05. The van der Waals surface area contributed by atoms with Gasteiger partial charge in [-0.15, -0.1) is 0 Å². The zero-order chi connectivity index (χ0) is 23.0. The van der Waals surface area contributed by atoms with Crippen molar-refractivity contribution in [2.75, 3.05) is 0 Å². The van der Waals surface area contributed by atoms with Crippen molar-refractivity contribution in [2.45, 2.75) is 79.4 Å². The van der Waals surface area contributed by atoms with Crippen LogP contribution in [0.5, 0.6) is 0 Å². The Hall–Kier alpha value is -2.43. The zero-order valence-corrected chi connectivity index (χ0v) is 19.5. The van der Waals surface area contributed by atoms with Crippen LogP contribution in [0, 0.1) is 17.8 Å². The highest BCUT2D eigenvalue weighted by atomic mass is 16.5. The number of esters is 2. The van der Waals surface area contributed by atoms with E-state index in [0.29, 0.717) is 30.6 Å². The summed E-state index contributed by atoms with van der Waals surface area (Å²) in [5.74, 6) is 1.03. The molecule has 31 heavy (non-hydrogen) atoms. The van der Waals surface area contributed by atoms with Crippen molar-refractivity contribution in [2.24, 2.45) is 17.8 Å². The number of benzene rings is 1. The second-order valence-corrected chi connectivity index (χ2v) is 9.08. The molecule has 0 saturated heterocycles. The van der Waals surface area contributed by atoms with Crippen LogP contribution in [0.1, 0.15) is 70.6 Å². The highest BCUT2D eigenvalue weighted by molar-refractivity contribution is 5.76. The second-order valence-electron chi connectivity index (χ2n) is 9.08. The molecule has 170 valence electrons. The summed E-state index contributed by atoms with van der Waals surface area (Å²) in [4.78, 5) is 35.3. The van der Waals surface area contributed by atoms with E-state index < -0.39 is 0 Å². The Morgan fingerprint density at radius 3 is 2.35 bits per heavy atom. The van der Waals surface area contributed by atoms with Gasteiger partial charge in [0, 0.05) is 13.3 Å². The van der Waals surface area contributed by atoms with E-state index in [-0.39, 0.29) is 36.9 Å². The minimum absolute atomic E-state index is 0.0933. The Balaban J connectivity index is 2.10. The summed E-state index contributed by atoms with van der Waals surface area (Å²) in [5, 5.41) is 0. The molecule has 1 aliphatic rings. The number of hydrogen-bond donors (Lipinski definition) is 0. The first kappa shape index (κ1) is 24.8. The van der Waals surface area contributed by atoms with E-state index in [1.165, 1.54) is 6.92 Å². The number of carbonyl (C=O) groups is 3. The van der Waals surface area contributed by atoms with Gasteiger partial charge in [-0.25, -0.2) is 0 Å². The molecular formula is C26H36O5. The van der Waals surface area contributed by atoms with Crippen LogP contribution < -0.4 is 0 Å². The summed E-state index contributed by atoms with van der Waals surface area (Å²) in [6.45, 7) is 9.78. The first-order chi connectivity index (χ1) is 14.6. The smallest absolute Gasteiger partial charge is 0.310 e. The largest absolute Gasteiger partial charge is 0.461 e. The molecule has 0 N–H and O–H groups in total. The van der Waals surface area contributed by atoms with Gasteiger partial charge in [0.25, 0.3) is 0 Å². The third kappa shape index (κ3) is 8.68. The van der Waals surface area contributed by atoms with Crippen molar-refractivity contribution in [1.29, 1.82) is 0 Å². The van der Waals surface area contributed by atoms with Gasteiger partial charge in [0.15, 0.2) is 0 Å². The van der Waals surface area contributed by atoms with Gasteiger partial charge < -0.3 is 14.3 Å². The lowest BCUT2D eigenvalue weighted by Crippen LogP contribution is -2.25. The van der Waals surface area contributed by atoms with Gasteiger partial charge in [-0.2, -0.15) is 0 Å². The number of allylic oxidation sites excluding steroid dienone is 1. The van der Waals surface area contributed by atoms with Crippen LogP contribution in [0.2, 0.25) is 0 Å². The van der Waals surface area contributed by atoms with Crippen LogP contribution in [0.25, 0.3) is 0 Å². The summed E-state index contributed by atoms with van der Waals surface area (Å²) < 4.78 is 10.9. The summed E-state index contributed by atoms with van der Waals surface area (Å²) in [5.41, 5.74) is 2.61. The van der Waals surface area contributed by atoms with Gasteiger partial charge in [0.05, 0.1) is 6.42 Å². The molecule has 1 aliphatic carbocycles. The molecule has 2 rings (SSSR count). The summed E-state index contributed by atoms with van der Waals surface area (Å²) in [6.07, 6.45) is 7.05. The van der Waals surface area contributed by atoms with E-state index in [0.717, 1.165) is 29.5 Å². The Morgan fingerprint density at radius 1 is 0.968 bits per heavy atom. The van der Waals surface area contributed by atoms with Crippen LogP contribution >= 0.6 is 0 Å². The molecule has 0 radical (unpaired) electrons. The zero-order valence-electron chi connectivity index (χ0n) is 19.5. The molecule has 1 aromatic rings. The fourth-order valence-corrected chi connectivity index (χ4v) is 4.01. The van der Waals surface area contributed by atoms with Gasteiger partial charge in [-0.3, -0.25) is 9.59 Å². The van der Waals surface area contributed by atoms with Crippen LogP contribution in [0.3, 0.4) is 0 Å². The summed E-state index contributed by atoms with van der Waals surface area (Å²) in [6, 6.07) is 5.63. The number of ketones is 1. The molecule has 0 aliphatic heterocycles. The number of Topliss-reactive ketones (excluding diaryl/α,β-unsaturated/α-hetero) is 1. The van der Waals surface area contributed by atoms with E-state index >= 15 is 0 Å². The standard InChI is InChI=1S/C26H36O5/c1-17-6-11-25(13-19(3)18(2)12-17)31-26(29)15-24-10-8-22(16-30-21(5)28)14-23(24)9-7-20(4)27/h6,8,10-11,14,17-19,25H,7,9,12-13,15-16H2,1-5H3/b11-6+. The Labute approximate surface area is 186 Å². The van der Waals surface area contributed by atoms with Gasteiger partial charge in [0.1, 0.15) is 18.5 Å². The molecule has 5 nitrogen and oxygen atoms in total. The number of aryl methyl sites for hydroxylation is 1. The van der Waals surface area contributed by atoms with Crippen molar-refractivity contribution in [3.63, 3.8) is 0 Å². The van der Waals surface area contributed by atoms with Gasteiger partial charge >= 0.3 is 11.9 Å². The van der Waals surface area contributed by atoms with Crippen molar-refractivity contribution < 1.29 is 23.9 Å². The maximum Gasteiger partial charge on any atom is 0.310 e. The van der Waals surface area contributed by atoms with Crippen molar-refractivity contribution >= 4 is 17.7 Å². The van der Waals surface area contributed by atoms with Gasteiger partial charge in [-0.05, 0) is 66.7 Å². The maximum atomic E-state index is 12.7. The monoisotopic (exact) mass is 428 g/mol. The molecule has 5 heteroatoms. The topological polar surface area (TPSA) is 69.7 Å². The normalized spacial score (nSPS) is 24.5. The fourth-order valence-electron chi connectivity index (χ4n) is 4.01. The van der Waals surface area contributed by atoms with Crippen molar-refractivity contribution in [3.05, 3.63) is 47.0 Å². The van der Waals surface area contributed by atoms with E-state index in [4.69, 9.17) is 9.47 Å². The minimum atomic E-state index is -0.344. The quantitative estimate of drug-likeness (QED) is 0.431. The van der Waals surface area contributed by atoms with E-state index in [9.17, 15) is 14.4 Å². The molecule has 4 unspecified atom stereocenters. The van der Waals surface area contributed by atoms with Gasteiger partial charge in [0.2, 0.25) is 0 Å². The molecule has 0 saturated carbocycles. The molecule has 0 aromatic heterocycles. The average molecular weight is 429 g/mol. The predicted octanol–water partition coefficient (Wildman–Crippen LogP) is 4.98. The van der Waals surface area contributed by atoms with Crippen molar-refractivity contribution in [3.8, 4) is 0 Å². The Morgan fingerprint density at radius 2 is 1.68 bits per heavy atom. The van der Waals surface area contributed by atoms with Crippen LogP contribution in [0.15, 0.2) is 30.4 Å². The first-order valence-electron chi connectivity index (χ1n) is 11.2. The van der Waals surface area contributed by atoms with Crippen molar-refractivity contribution in [1.82, 2.24) is 0 Å². The SMILES string of the molecule is CC(=O)CCc1cc(COC(C)=O)ccc1CC(=O)OC1/C=C/C(C)CC(C)C(C)C1. The number of rotatable bonds is 8. The molecule has 0 spiro atoms. The molecule has 0 fully saturated rings. The molecule has 4 atom stereocenters. The number of hydrogen-bond acceptors (Lipinski definition) is 5. The lowest BCUT2D eigenvalue weighted by molar-refractivity contribution is -0.147. The molecule has 0 heterocycles. The minimum Gasteiger partial charge on any atom is -0.461 e. The van der Waals surface area contributed by atoms with E-state index in [1.54, 1.807) is 6.92 Å². The van der Waals surface area contributed by atoms with E-state index in [1.807, 2.05) is 24.3 Å². The Kier molecular flexibility index (Phi) is 9.47. The van der Waals surface area contributed by atoms with Crippen LogP contribution in [-0.2, 0) is 43.3 Å². The predicted molar refractivity (Wildman–Crippen MR) is 120 cm³/mol. The number of carbonyl (C=O) groups excluding carboxylic acids is 3. The first-order valence-corrected chi connectivity index (χ1v) is 11.2. The molecule has 0 bridgehead atoms. The highest BCUT2D eigenvalue weighted by Gasteiger charge is 2.23.